The average Bonchev–Trinajstić information content (AvgIpc) is 2.01. The molecular formula is C8H5ClF3NO. The molecule has 0 amide bonds. The lowest BCUT2D eigenvalue weighted by molar-refractivity contribution is -0.138. The van der Waals surface area contributed by atoms with Crippen molar-refractivity contribution in [2.45, 2.75) is 13.1 Å². The Kier molecular flexibility index (Phi) is 2.80. The molecule has 0 spiro atoms. The van der Waals surface area contributed by atoms with Crippen molar-refractivity contribution < 1.29 is 18.0 Å². The number of alkyl halides is 3. The van der Waals surface area contributed by atoms with Crippen molar-refractivity contribution >= 4 is 17.4 Å². The zero-order valence-corrected chi connectivity index (χ0v) is 7.78. The van der Waals surface area contributed by atoms with E-state index in [0.717, 1.165) is 19.1 Å². The van der Waals surface area contributed by atoms with E-state index in [1.165, 1.54) is 0 Å². The Balaban J connectivity index is 3.37. The quantitative estimate of drug-likeness (QED) is 0.541. The summed E-state index contributed by atoms with van der Waals surface area (Å²) in [5.74, 6) is -0.764. The lowest BCUT2D eigenvalue weighted by Crippen LogP contribution is -2.13. The molecule has 0 radical (unpaired) electrons. The van der Waals surface area contributed by atoms with Gasteiger partial charge in [0.2, 0.25) is 0 Å². The number of ketones is 1. The first kappa shape index (κ1) is 11.0. The summed E-state index contributed by atoms with van der Waals surface area (Å²) in [7, 11) is 0. The molecule has 0 saturated carbocycles. The van der Waals surface area contributed by atoms with Crippen LogP contribution in [0.1, 0.15) is 23.0 Å². The van der Waals surface area contributed by atoms with E-state index in [2.05, 4.69) is 4.98 Å². The molecule has 0 aliphatic rings. The standard InChI is InChI=1S/C8H5ClF3NO/c1-4(14)7-5(8(10,11)12)2-3-6(9)13-7/h2-3H,1H3. The normalized spacial score (nSPS) is 11.5. The van der Waals surface area contributed by atoms with Crippen molar-refractivity contribution in [3.05, 3.63) is 28.5 Å². The number of pyridine rings is 1. The first-order valence-corrected chi connectivity index (χ1v) is 3.95. The molecule has 0 unspecified atom stereocenters. The summed E-state index contributed by atoms with van der Waals surface area (Å²) in [6, 6.07) is 1.74. The van der Waals surface area contributed by atoms with E-state index in [1.807, 2.05) is 0 Å². The van der Waals surface area contributed by atoms with Gasteiger partial charge in [-0.25, -0.2) is 4.98 Å². The molecular weight excluding hydrogens is 219 g/mol. The van der Waals surface area contributed by atoms with E-state index in [0.29, 0.717) is 0 Å². The molecule has 0 saturated heterocycles. The SMILES string of the molecule is CC(=O)c1nc(Cl)ccc1C(F)(F)F. The summed E-state index contributed by atoms with van der Waals surface area (Å²) < 4.78 is 36.9. The van der Waals surface area contributed by atoms with E-state index >= 15 is 0 Å². The van der Waals surface area contributed by atoms with E-state index in [4.69, 9.17) is 11.6 Å². The van der Waals surface area contributed by atoms with Gasteiger partial charge in [0.15, 0.2) is 5.78 Å². The molecule has 0 N–H and O–H groups in total. The summed E-state index contributed by atoms with van der Waals surface area (Å²) in [6.07, 6.45) is -4.58. The number of nitrogens with zero attached hydrogens (tertiary/aromatic N) is 1. The highest BCUT2D eigenvalue weighted by atomic mass is 35.5. The molecule has 0 aliphatic heterocycles. The summed E-state index contributed by atoms with van der Waals surface area (Å²) in [5, 5.41) is -0.136. The molecule has 1 heterocycles. The van der Waals surface area contributed by atoms with Gasteiger partial charge in [-0.3, -0.25) is 4.79 Å². The first-order chi connectivity index (χ1) is 6.32. The van der Waals surface area contributed by atoms with Gasteiger partial charge in [-0.15, -0.1) is 0 Å². The second-order valence-electron chi connectivity index (χ2n) is 2.58. The second-order valence-corrected chi connectivity index (χ2v) is 2.97. The zero-order chi connectivity index (χ0) is 10.9. The minimum Gasteiger partial charge on any atom is -0.293 e. The van der Waals surface area contributed by atoms with Gasteiger partial charge >= 0.3 is 6.18 Å². The van der Waals surface area contributed by atoms with Crippen LogP contribution in [0.3, 0.4) is 0 Å². The van der Waals surface area contributed by atoms with Crippen LogP contribution in [0.2, 0.25) is 5.15 Å². The minimum absolute atomic E-state index is 0.136. The Bertz CT molecular complexity index is 375. The molecule has 0 bridgehead atoms. The number of Topliss-reactive ketones (excluding diaryl/α,β-unsaturated/α-hetero) is 1. The maximum absolute atomic E-state index is 12.3. The molecule has 6 heteroatoms. The van der Waals surface area contributed by atoms with Crippen LogP contribution in [0.15, 0.2) is 12.1 Å². The second kappa shape index (κ2) is 3.57. The van der Waals surface area contributed by atoms with E-state index in [9.17, 15) is 18.0 Å². The molecule has 1 aromatic rings. The summed E-state index contributed by atoms with van der Waals surface area (Å²) in [4.78, 5) is 14.2. The molecule has 14 heavy (non-hydrogen) atoms. The fraction of sp³-hybridized carbons (Fsp3) is 0.250. The predicted octanol–water partition coefficient (Wildman–Crippen LogP) is 2.96. The molecule has 2 nitrogen and oxygen atoms in total. The van der Waals surface area contributed by atoms with Gasteiger partial charge in [0, 0.05) is 6.92 Å². The highest BCUT2D eigenvalue weighted by molar-refractivity contribution is 6.29. The molecule has 0 aromatic carbocycles. The van der Waals surface area contributed by atoms with Gasteiger partial charge in [0.1, 0.15) is 10.8 Å². The number of carbonyl (C=O) groups is 1. The Labute approximate surface area is 82.7 Å². The van der Waals surface area contributed by atoms with Gasteiger partial charge in [-0.2, -0.15) is 13.2 Å². The first-order valence-electron chi connectivity index (χ1n) is 3.57. The van der Waals surface area contributed by atoms with Crippen molar-refractivity contribution in [1.82, 2.24) is 4.98 Å². The van der Waals surface area contributed by atoms with Crippen molar-refractivity contribution in [3.63, 3.8) is 0 Å². The fourth-order valence-electron chi connectivity index (χ4n) is 0.932. The van der Waals surface area contributed by atoms with Crippen molar-refractivity contribution in [2.75, 3.05) is 0 Å². The smallest absolute Gasteiger partial charge is 0.293 e. The van der Waals surface area contributed by atoms with Gasteiger partial charge in [0.25, 0.3) is 0 Å². The molecule has 1 rings (SSSR count). The van der Waals surface area contributed by atoms with Gasteiger partial charge in [-0.05, 0) is 12.1 Å². The average molecular weight is 224 g/mol. The third kappa shape index (κ3) is 2.23. The Hall–Kier alpha value is -1.10. The summed E-state index contributed by atoms with van der Waals surface area (Å²) in [6.45, 7) is 1.01. The number of carbonyl (C=O) groups excluding carboxylic acids is 1. The summed E-state index contributed by atoms with van der Waals surface area (Å²) in [5.41, 5.74) is -1.71. The predicted molar refractivity (Wildman–Crippen MR) is 44.3 cm³/mol. The fourth-order valence-corrected chi connectivity index (χ4v) is 1.08. The molecule has 76 valence electrons. The van der Waals surface area contributed by atoms with E-state index in [1.54, 1.807) is 0 Å². The minimum atomic E-state index is -4.58. The third-order valence-corrected chi connectivity index (χ3v) is 1.71. The molecule has 0 fully saturated rings. The van der Waals surface area contributed by atoms with Crippen LogP contribution in [-0.2, 0) is 6.18 Å². The number of aromatic nitrogens is 1. The molecule has 0 atom stereocenters. The largest absolute Gasteiger partial charge is 0.418 e. The van der Waals surface area contributed by atoms with Crippen molar-refractivity contribution in [3.8, 4) is 0 Å². The van der Waals surface area contributed by atoms with Crippen LogP contribution in [-0.4, -0.2) is 10.8 Å². The van der Waals surface area contributed by atoms with Crippen LogP contribution >= 0.6 is 11.6 Å². The van der Waals surface area contributed by atoms with Crippen molar-refractivity contribution in [1.29, 1.82) is 0 Å². The number of hydrogen-bond acceptors (Lipinski definition) is 2. The molecule has 1 aromatic heterocycles. The number of hydrogen-bond donors (Lipinski definition) is 0. The number of halogens is 4. The number of rotatable bonds is 1. The molecule has 0 aliphatic carbocycles. The Morgan fingerprint density at radius 2 is 2.00 bits per heavy atom. The Morgan fingerprint density at radius 1 is 1.43 bits per heavy atom. The topological polar surface area (TPSA) is 30.0 Å². The van der Waals surface area contributed by atoms with Crippen LogP contribution in [0.25, 0.3) is 0 Å². The lowest BCUT2D eigenvalue weighted by Gasteiger charge is -2.09. The zero-order valence-electron chi connectivity index (χ0n) is 7.02. The van der Waals surface area contributed by atoms with Crippen LogP contribution in [0, 0.1) is 0 Å². The van der Waals surface area contributed by atoms with Crippen LogP contribution < -0.4 is 0 Å². The maximum atomic E-state index is 12.3. The summed E-state index contributed by atoms with van der Waals surface area (Å²) >= 11 is 5.38. The monoisotopic (exact) mass is 223 g/mol. The van der Waals surface area contributed by atoms with E-state index in [-0.39, 0.29) is 5.15 Å². The van der Waals surface area contributed by atoms with E-state index < -0.39 is 23.2 Å². The highest BCUT2D eigenvalue weighted by Crippen LogP contribution is 2.32. The van der Waals surface area contributed by atoms with Gasteiger partial charge in [0.05, 0.1) is 5.56 Å². The Morgan fingerprint density at radius 3 is 2.43 bits per heavy atom. The third-order valence-electron chi connectivity index (χ3n) is 1.50. The highest BCUT2D eigenvalue weighted by Gasteiger charge is 2.35. The lowest BCUT2D eigenvalue weighted by atomic mass is 10.1. The maximum Gasteiger partial charge on any atom is 0.418 e. The van der Waals surface area contributed by atoms with Crippen LogP contribution in [0.5, 0.6) is 0 Å². The van der Waals surface area contributed by atoms with Crippen molar-refractivity contribution in [2.24, 2.45) is 0 Å². The van der Waals surface area contributed by atoms with Crippen LogP contribution in [0.4, 0.5) is 13.2 Å². The van der Waals surface area contributed by atoms with Gasteiger partial charge in [-0.1, -0.05) is 11.6 Å². The van der Waals surface area contributed by atoms with Gasteiger partial charge < -0.3 is 0 Å².